The van der Waals surface area contributed by atoms with E-state index < -0.39 is 4.92 Å². The highest BCUT2D eigenvalue weighted by Gasteiger charge is 2.13. The van der Waals surface area contributed by atoms with E-state index in [4.69, 9.17) is 16.3 Å². The van der Waals surface area contributed by atoms with Crippen LogP contribution in [0.2, 0.25) is 5.02 Å². The molecule has 0 aliphatic heterocycles. The lowest BCUT2D eigenvalue weighted by atomic mass is 10.0. The molecule has 1 N–H and O–H groups in total. The van der Waals surface area contributed by atoms with E-state index in [2.05, 4.69) is 5.32 Å². The largest absolute Gasteiger partial charge is 0.484 e. The number of amides is 1. The van der Waals surface area contributed by atoms with Crippen molar-refractivity contribution in [1.29, 1.82) is 0 Å². The molecule has 0 aliphatic rings. The molecule has 24 heavy (non-hydrogen) atoms. The van der Waals surface area contributed by atoms with Gasteiger partial charge in [0, 0.05) is 17.2 Å². The minimum Gasteiger partial charge on any atom is -0.484 e. The molecular formula is C17H17ClN2O4. The van der Waals surface area contributed by atoms with Gasteiger partial charge in [-0.1, -0.05) is 30.7 Å². The van der Waals surface area contributed by atoms with Crippen LogP contribution >= 0.6 is 11.6 Å². The first kappa shape index (κ1) is 17.7. The summed E-state index contributed by atoms with van der Waals surface area (Å²) in [6, 6.07) is 12.7. The summed E-state index contributed by atoms with van der Waals surface area (Å²) in [6.45, 7) is 1.80. The van der Waals surface area contributed by atoms with Gasteiger partial charge in [0.15, 0.2) is 6.61 Å². The van der Waals surface area contributed by atoms with Crippen LogP contribution in [0.25, 0.3) is 0 Å². The summed E-state index contributed by atoms with van der Waals surface area (Å²) in [5.41, 5.74) is 0.936. The Kier molecular flexibility index (Phi) is 6.14. The molecule has 0 spiro atoms. The Hall–Kier alpha value is -2.60. The highest BCUT2D eigenvalue weighted by molar-refractivity contribution is 6.30. The van der Waals surface area contributed by atoms with Gasteiger partial charge in [0.2, 0.25) is 0 Å². The Labute approximate surface area is 144 Å². The number of carbonyl (C=O) groups excluding carboxylic acids is 1. The zero-order chi connectivity index (χ0) is 17.5. The molecule has 7 heteroatoms. The molecule has 2 aromatic rings. The topological polar surface area (TPSA) is 81.5 Å². The Bertz CT molecular complexity index is 702. The molecule has 2 rings (SSSR count). The van der Waals surface area contributed by atoms with Crippen molar-refractivity contribution in [3.8, 4) is 5.75 Å². The lowest BCUT2D eigenvalue weighted by Crippen LogP contribution is -2.32. The van der Waals surface area contributed by atoms with Gasteiger partial charge >= 0.3 is 0 Å². The number of halogens is 1. The SMILES string of the molecule is CCC(NC(=O)COc1ccc([N+](=O)[O-])cc1)c1ccc(Cl)cc1. The zero-order valence-electron chi connectivity index (χ0n) is 13.1. The third-order valence-electron chi connectivity index (χ3n) is 3.43. The molecule has 6 nitrogen and oxygen atoms in total. The van der Waals surface area contributed by atoms with E-state index in [1.807, 2.05) is 19.1 Å². The first-order chi connectivity index (χ1) is 11.5. The molecular weight excluding hydrogens is 332 g/mol. The maximum atomic E-state index is 12.0. The van der Waals surface area contributed by atoms with Crippen molar-refractivity contribution in [2.45, 2.75) is 19.4 Å². The maximum absolute atomic E-state index is 12.0. The number of benzene rings is 2. The molecule has 1 atom stereocenters. The van der Waals surface area contributed by atoms with Gasteiger partial charge in [0.25, 0.3) is 11.6 Å². The summed E-state index contributed by atoms with van der Waals surface area (Å²) in [5, 5.41) is 14.1. The lowest BCUT2D eigenvalue weighted by Gasteiger charge is -2.17. The van der Waals surface area contributed by atoms with Crippen molar-refractivity contribution in [3.05, 3.63) is 69.2 Å². The summed E-state index contributed by atoms with van der Waals surface area (Å²) in [5.74, 6) is 0.130. The van der Waals surface area contributed by atoms with Crippen molar-refractivity contribution in [1.82, 2.24) is 5.32 Å². The fraction of sp³-hybridized carbons (Fsp3) is 0.235. The van der Waals surface area contributed by atoms with Gasteiger partial charge in [0.05, 0.1) is 11.0 Å². The van der Waals surface area contributed by atoms with Crippen LogP contribution in [0.1, 0.15) is 24.9 Å². The van der Waals surface area contributed by atoms with Gasteiger partial charge in [-0.3, -0.25) is 14.9 Å². The summed E-state index contributed by atoms with van der Waals surface area (Å²) in [7, 11) is 0. The predicted octanol–water partition coefficient (Wildman–Crippen LogP) is 3.89. The van der Waals surface area contributed by atoms with Crippen LogP contribution in [0.3, 0.4) is 0 Å². The quantitative estimate of drug-likeness (QED) is 0.607. The minimum atomic E-state index is -0.492. The molecule has 126 valence electrons. The van der Waals surface area contributed by atoms with Crippen LogP contribution in [0, 0.1) is 10.1 Å². The average Bonchev–Trinajstić information content (AvgIpc) is 2.59. The molecule has 0 radical (unpaired) electrons. The highest BCUT2D eigenvalue weighted by atomic mass is 35.5. The predicted molar refractivity (Wildman–Crippen MR) is 91.2 cm³/mol. The number of rotatable bonds is 7. The van der Waals surface area contributed by atoms with Crippen LogP contribution in [-0.2, 0) is 4.79 Å². The van der Waals surface area contributed by atoms with E-state index in [1.165, 1.54) is 24.3 Å². The number of nitrogens with one attached hydrogen (secondary N) is 1. The first-order valence-electron chi connectivity index (χ1n) is 7.41. The second-order valence-electron chi connectivity index (χ2n) is 5.12. The van der Waals surface area contributed by atoms with Crippen molar-refractivity contribution < 1.29 is 14.5 Å². The number of nitro benzene ring substituents is 1. The van der Waals surface area contributed by atoms with Gasteiger partial charge < -0.3 is 10.1 Å². The van der Waals surface area contributed by atoms with Gasteiger partial charge in [-0.05, 0) is 36.2 Å². The van der Waals surface area contributed by atoms with Crippen molar-refractivity contribution in [3.63, 3.8) is 0 Å². The van der Waals surface area contributed by atoms with Crippen LogP contribution in [-0.4, -0.2) is 17.4 Å². The molecule has 0 bridgehead atoms. The summed E-state index contributed by atoms with van der Waals surface area (Å²) < 4.78 is 5.35. The lowest BCUT2D eigenvalue weighted by molar-refractivity contribution is -0.384. The van der Waals surface area contributed by atoms with E-state index in [0.717, 1.165) is 12.0 Å². The number of nitrogens with zero attached hydrogens (tertiary/aromatic N) is 1. The summed E-state index contributed by atoms with van der Waals surface area (Å²) in [6.07, 6.45) is 0.727. The third kappa shape index (κ3) is 4.96. The number of nitro groups is 1. The molecule has 0 aliphatic carbocycles. The van der Waals surface area contributed by atoms with Crippen molar-refractivity contribution in [2.75, 3.05) is 6.61 Å². The fourth-order valence-corrected chi connectivity index (χ4v) is 2.29. The van der Waals surface area contributed by atoms with Gasteiger partial charge in [0.1, 0.15) is 5.75 Å². The standard InChI is InChI=1S/C17H17ClN2O4/c1-2-16(12-3-5-13(18)6-4-12)19-17(21)11-24-15-9-7-14(8-10-15)20(22)23/h3-10,16H,2,11H2,1H3,(H,19,21). The maximum Gasteiger partial charge on any atom is 0.269 e. The first-order valence-corrected chi connectivity index (χ1v) is 7.79. The van der Waals surface area contributed by atoms with Crippen LogP contribution in [0.4, 0.5) is 5.69 Å². The Morgan fingerprint density at radius 2 is 1.83 bits per heavy atom. The molecule has 0 saturated heterocycles. The van der Waals surface area contributed by atoms with Gasteiger partial charge in [-0.15, -0.1) is 0 Å². The number of carbonyl (C=O) groups is 1. The molecule has 1 amide bonds. The third-order valence-corrected chi connectivity index (χ3v) is 3.69. The van der Waals surface area contributed by atoms with E-state index >= 15 is 0 Å². The molecule has 2 aromatic carbocycles. The number of hydrogen-bond donors (Lipinski definition) is 1. The van der Waals surface area contributed by atoms with E-state index in [9.17, 15) is 14.9 Å². The Balaban J connectivity index is 1.89. The molecule has 0 aromatic heterocycles. The Morgan fingerprint density at radius 3 is 2.38 bits per heavy atom. The van der Waals surface area contributed by atoms with E-state index in [1.54, 1.807) is 12.1 Å². The van der Waals surface area contributed by atoms with E-state index in [-0.39, 0.29) is 24.2 Å². The smallest absolute Gasteiger partial charge is 0.269 e. The van der Waals surface area contributed by atoms with Gasteiger partial charge in [-0.2, -0.15) is 0 Å². The second-order valence-corrected chi connectivity index (χ2v) is 5.56. The van der Waals surface area contributed by atoms with Crippen LogP contribution in [0.5, 0.6) is 5.75 Å². The summed E-state index contributed by atoms with van der Waals surface area (Å²) >= 11 is 5.86. The van der Waals surface area contributed by atoms with E-state index in [0.29, 0.717) is 10.8 Å². The average molecular weight is 349 g/mol. The van der Waals surface area contributed by atoms with Crippen LogP contribution in [0.15, 0.2) is 48.5 Å². The minimum absolute atomic E-state index is 0.0272. The van der Waals surface area contributed by atoms with Crippen LogP contribution < -0.4 is 10.1 Å². The summed E-state index contributed by atoms with van der Waals surface area (Å²) in [4.78, 5) is 22.1. The fourth-order valence-electron chi connectivity index (χ4n) is 2.17. The monoisotopic (exact) mass is 348 g/mol. The highest BCUT2D eigenvalue weighted by Crippen LogP contribution is 2.20. The molecule has 1 unspecified atom stereocenters. The molecule has 0 heterocycles. The Morgan fingerprint density at radius 1 is 1.21 bits per heavy atom. The normalized spacial score (nSPS) is 11.6. The van der Waals surface area contributed by atoms with Gasteiger partial charge in [-0.25, -0.2) is 0 Å². The number of non-ortho nitro benzene ring substituents is 1. The number of hydrogen-bond acceptors (Lipinski definition) is 4. The zero-order valence-corrected chi connectivity index (χ0v) is 13.8. The molecule has 0 fully saturated rings. The van der Waals surface area contributed by atoms with Crippen molar-refractivity contribution >= 4 is 23.2 Å². The second kappa shape index (κ2) is 8.31. The number of ether oxygens (including phenoxy) is 1. The molecule has 0 saturated carbocycles. The van der Waals surface area contributed by atoms with Crippen molar-refractivity contribution in [2.24, 2.45) is 0 Å².